The van der Waals surface area contributed by atoms with Crippen LogP contribution in [0.4, 0.5) is 21.0 Å². The molecule has 0 bridgehead atoms. The summed E-state index contributed by atoms with van der Waals surface area (Å²) < 4.78 is 11.8. The molecule has 38 heavy (non-hydrogen) atoms. The fraction of sp³-hybridized carbons (Fsp3) is 0.385. The summed E-state index contributed by atoms with van der Waals surface area (Å²) in [5, 5.41) is 17.9. The lowest BCUT2D eigenvalue weighted by atomic mass is 10.2. The number of hydrogen-bond donors (Lipinski definition) is 0. The van der Waals surface area contributed by atoms with Crippen LogP contribution in [0, 0.1) is 0 Å². The molecule has 0 N–H and O–H groups in total. The third-order valence-corrected chi connectivity index (χ3v) is 4.49. The lowest BCUT2D eigenvalue weighted by Gasteiger charge is -2.23. The van der Waals surface area contributed by atoms with Crippen LogP contribution < -0.4 is 28.7 Å². The third kappa shape index (κ3) is 13.2. The van der Waals surface area contributed by atoms with Crippen LogP contribution in [0.15, 0.2) is 48.5 Å². The lowest BCUT2D eigenvalue weighted by molar-refractivity contribution is -0.345. The van der Waals surface area contributed by atoms with Crippen LogP contribution in [-0.2, 0) is 9.59 Å². The van der Waals surface area contributed by atoms with Gasteiger partial charge in [0.25, 0.3) is 0 Å². The van der Waals surface area contributed by atoms with Gasteiger partial charge in [0, 0.05) is 40.3 Å². The van der Waals surface area contributed by atoms with Crippen molar-refractivity contribution in [2.75, 3.05) is 70.5 Å². The standard InChI is InChI=1S/2C12H19N2O2.C2H2O4/c2*1-13(2)12(15)16-11-8-6-7-10(9-11)14(3,4)5;3-1(4)2(5)6/h2*6-9H,1-5H3;(H,3,4)(H,5,6)/q2*+1;/p-2. The molecule has 0 heterocycles. The van der Waals surface area contributed by atoms with Crippen molar-refractivity contribution < 1.29 is 38.9 Å². The average Bonchev–Trinajstić information content (AvgIpc) is 2.79. The predicted octanol–water partition coefficient (Wildman–Crippen LogP) is 0.374. The molecule has 0 aliphatic rings. The van der Waals surface area contributed by atoms with E-state index in [-0.39, 0.29) is 12.2 Å². The van der Waals surface area contributed by atoms with Crippen molar-refractivity contribution in [1.82, 2.24) is 18.8 Å². The Morgan fingerprint density at radius 2 is 0.895 bits per heavy atom. The molecule has 0 fully saturated rings. The van der Waals surface area contributed by atoms with E-state index in [9.17, 15) is 9.59 Å². The first-order chi connectivity index (χ1) is 17.2. The van der Waals surface area contributed by atoms with Crippen molar-refractivity contribution >= 4 is 35.5 Å². The van der Waals surface area contributed by atoms with Gasteiger partial charge in [-0.25, -0.2) is 9.59 Å². The highest BCUT2D eigenvalue weighted by Gasteiger charge is 2.15. The Morgan fingerprint density at radius 3 is 1.11 bits per heavy atom. The summed E-state index contributed by atoms with van der Waals surface area (Å²) in [4.78, 5) is 43.4. The van der Waals surface area contributed by atoms with Crippen molar-refractivity contribution in [2.45, 2.75) is 0 Å². The Kier molecular flexibility index (Phi) is 13.0. The maximum atomic E-state index is 11.4. The Balaban J connectivity index is 0.000000596. The first-order valence-corrected chi connectivity index (χ1v) is 11.3. The number of benzene rings is 2. The molecule has 0 radical (unpaired) electrons. The van der Waals surface area contributed by atoms with Crippen molar-refractivity contribution in [3.8, 4) is 11.5 Å². The molecule has 210 valence electrons. The van der Waals surface area contributed by atoms with E-state index in [1.807, 2.05) is 36.4 Å². The van der Waals surface area contributed by atoms with Crippen LogP contribution in [0.25, 0.3) is 0 Å². The molecular formula is C26H38N4O8. The van der Waals surface area contributed by atoms with E-state index < -0.39 is 11.9 Å². The van der Waals surface area contributed by atoms with Gasteiger partial charge in [-0.2, -0.15) is 0 Å². The van der Waals surface area contributed by atoms with E-state index in [0.717, 1.165) is 11.4 Å². The number of carboxylic acid groups (broad SMARTS) is 2. The molecule has 0 saturated heterocycles. The molecule has 0 saturated carbocycles. The van der Waals surface area contributed by atoms with Gasteiger partial charge >= 0.3 is 12.2 Å². The van der Waals surface area contributed by atoms with E-state index in [1.54, 1.807) is 40.3 Å². The third-order valence-electron chi connectivity index (χ3n) is 4.49. The van der Waals surface area contributed by atoms with Gasteiger partial charge in [-0.3, -0.25) is 8.97 Å². The molecule has 0 aliphatic carbocycles. The minimum Gasteiger partial charge on any atom is -0.543 e. The number of carbonyl (C=O) groups is 4. The minimum absolute atomic E-state index is 0.362. The number of carboxylic acids is 2. The van der Waals surface area contributed by atoms with Crippen LogP contribution in [0.3, 0.4) is 0 Å². The number of ether oxygens (including phenoxy) is 2. The van der Waals surface area contributed by atoms with Gasteiger partial charge in [0.2, 0.25) is 0 Å². The van der Waals surface area contributed by atoms with Crippen LogP contribution in [-0.4, -0.2) is 104 Å². The maximum Gasteiger partial charge on any atom is 0.414 e. The van der Waals surface area contributed by atoms with Gasteiger partial charge in [0.05, 0.1) is 54.2 Å². The molecule has 0 aliphatic heterocycles. The van der Waals surface area contributed by atoms with E-state index in [1.165, 1.54) is 9.80 Å². The normalized spacial score (nSPS) is 10.5. The van der Waals surface area contributed by atoms with Crippen molar-refractivity contribution in [3.63, 3.8) is 0 Å². The van der Waals surface area contributed by atoms with Crippen molar-refractivity contribution in [3.05, 3.63) is 48.5 Å². The molecule has 2 aromatic rings. The molecule has 2 rings (SSSR count). The predicted molar refractivity (Wildman–Crippen MR) is 141 cm³/mol. The van der Waals surface area contributed by atoms with Gasteiger partial charge in [0.15, 0.2) is 0 Å². The van der Waals surface area contributed by atoms with Crippen LogP contribution in [0.1, 0.15) is 0 Å². The number of rotatable bonds is 4. The first kappa shape index (κ1) is 33.8. The quantitative estimate of drug-likeness (QED) is 0.405. The molecule has 12 heteroatoms. The smallest absolute Gasteiger partial charge is 0.414 e. The van der Waals surface area contributed by atoms with Gasteiger partial charge in [0.1, 0.15) is 22.9 Å². The molecule has 0 unspecified atom stereocenters. The number of hydrogen-bond acceptors (Lipinski definition) is 8. The molecule has 0 aromatic heterocycles. The summed E-state index contributed by atoms with van der Waals surface area (Å²) in [5.41, 5.74) is 2.17. The number of aliphatic carboxylic acids is 2. The number of carbonyl (C=O) groups excluding carboxylic acids is 4. The Hall–Kier alpha value is -4.16. The lowest BCUT2D eigenvalue weighted by Crippen LogP contribution is -2.42. The highest BCUT2D eigenvalue weighted by atomic mass is 16.6. The van der Waals surface area contributed by atoms with Gasteiger partial charge in [-0.15, -0.1) is 0 Å². The van der Waals surface area contributed by atoms with E-state index >= 15 is 0 Å². The number of quaternary nitrogens is 2. The Bertz CT molecular complexity index is 1020. The average molecular weight is 535 g/mol. The minimum atomic E-state index is -2.19. The van der Waals surface area contributed by atoms with Crippen molar-refractivity contribution in [1.29, 1.82) is 0 Å². The summed E-state index contributed by atoms with van der Waals surface area (Å²) >= 11 is 0. The highest BCUT2D eigenvalue weighted by Crippen LogP contribution is 2.24. The fourth-order valence-electron chi connectivity index (χ4n) is 2.31. The first-order valence-electron chi connectivity index (χ1n) is 11.3. The summed E-state index contributed by atoms with van der Waals surface area (Å²) in [6.07, 6.45) is -0.725. The van der Waals surface area contributed by atoms with E-state index in [2.05, 4.69) is 42.3 Å². The molecule has 2 amide bonds. The summed E-state index contributed by atoms with van der Waals surface area (Å²) in [5.74, 6) is -3.22. The fourth-order valence-corrected chi connectivity index (χ4v) is 2.31. The van der Waals surface area contributed by atoms with Crippen LogP contribution in [0.5, 0.6) is 11.5 Å². The summed E-state index contributed by atoms with van der Waals surface area (Å²) in [6.45, 7) is 0. The second-order valence-electron chi connectivity index (χ2n) is 10.1. The zero-order valence-electron chi connectivity index (χ0n) is 23.7. The van der Waals surface area contributed by atoms with Gasteiger partial charge in [-0.05, 0) is 24.3 Å². The number of nitrogens with zero attached hydrogens (tertiary/aromatic N) is 4. The summed E-state index contributed by atoms with van der Waals surface area (Å²) in [6, 6.07) is 15.1. The second-order valence-corrected chi connectivity index (χ2v) is 10.1. The Labute approximate surface area is 224 Å². The maximum absolute atomic E-state index is 11.4. The molecule has 0 spiro atoms. The second kappa shape index (κ2) is 14.5. The monoisotopic (exact) mass is 534 g/mol. The molecule has 2 aromatic carbocycles. The highest BCUT2D eigenvalue weighted by molar-refractivity contribution is 6.25. The van der Waals surface area contributed by atoms with Crippen LogP contribution >= 0.6 is 0 Å². The Morgan fingerprint density at radius 1 is 0.605 bits per heavy atom. The topological polar surface area (TPSA) is 139 Å². The van der Waals surface area contributed by atoms with Crippen molar-refractivity contribution in [2.24, 2.45) is 0 Å². The molecule has 0 atom stereocenters. The zero-order valence-corrected chi connectivity index (χ0v) is 23.7. The van der Waals surface area contributed by atoms with Gasteiger partial charge in [-0.1, -0.05) is 12.1 Å². The van der Waals surface area contributed by atoms with Crippen LogP contribution in [0.2, 0.25) is 0 Å². The zero-order chi connectivity index (χ0) is 29.8. The molecular weight excluding hydrogens is 496 g/mol. The largest absolute Gasteiger partial charge is 0.543 e. The number of amides is 2. The SMILES string of the molecule is CN(C)C(=O)Oc1cccc([N+](C)(C)C)c1.CN(C)C(=O)Oc1cccc([N+](C)(C)C)c1.O=C([O-])C(=O)[O-]. The summed E-state index contributed by atoms with van der Waals surface area (Å²) in [7, 11) is 19.0. The van der Waals surface area contributed by atoms with Gasteiger partial charge < -0.3 is 39.1 Å². The van der Waals surface area contributed by atoms with E-state index in [4.69, 9.17) is 29.3 Å². The van der Waals surface area contributed by atoms with E-state index in [0.29, 0.717) is 20.5 Å². The molecule has 12 nitrogen and oxygen atoms in total.